The van der Waals surface area contributed by atoms with Crippen LogP contribution in [0.2, 0.25) is 0 Å². The summed E-state index contributed by atoms with van der Waals surface area (Å²) in [4.78, 5) is 25.3. The molecule has 0 bridgehead atoms. The number of aryl methyl sites for hydroxylation is 1. The van der Waals surface area contributed by atoms with Crippen LogP contribution in [0.1, 0.15) is 16.8 Å². The molecule has 0 radical (unpaired) electrons. The molecule has 0 aliphatic heterocycles. The summed E-state index contributed by atoms with van der Waals surface area (Å²) in [6.07, 6.45) is 1.18. The standard InChI is InChI=1S/C19H19N3O2.C2HF3O2/c23-19(21-11-6-13-22-14-12-20-15-22)17-9-4-5-10-18(17)24-16-7-2-1-3-8-16;3-2(4,5)1(6)7/h1-5,7-10,12,14-15H,6,11,13H2,(H,21,23);(H,6,7). The van der Waals surface area contributed by atoms with Gasteiger partial charge in [-0.15, -0.1) is 0 Å². The summed E-state index contributed by atoms with van der Waals surface area (Å²) < 4.78 is 39.5. The van der Waals surface area contributed by atoms with Gasteiger partial charge in [0, 0.05) is 25.5 Å². The van der Waals surface area contributed by atoms with E-state index in [0.717, 1.165) is 13.0 Å². The van der Waals surface area contributed by atoms with Crippen LogP contribution < -0.4 is 10.1 Å². The minimum atomic E-state index is -5.08. The molecule has 1 heterocycles. The molecule has 0 unspecified atom stereocenters. The number of carboxylic acids is 1. The maximum Gasteiger partial charge on any atom is 0.490 e. The van der Waals surface area contributed by atoms with Gasteiger partial charge in [-0.1, -0.05) is 30.3 Å². The number of ether oxygens (including phenoxy) is 1. The van der Waals surface area contributed by atoms with Crippen molar-refractivity contribution in [2.75, 3.05) is 6.54 Å². The number of alkyl halides is 3. The van der Waals surface area contributed by atoms with Crippen molar-refractivity contribution in [1.82, 2.24) is 14.9 Å². The van der Waals surface area contributed by atoms with Crippen molar-refractivity contribution >= 4 is 11.9 Å². The van der Waals surface area contributed by atoms with E-state index in [1.807, 2.05) is 53.2 Å². The van der Waals surface area contributed by atoms with Gasteiger partial charge in [-0.3, -0.25) is 4.79 Å². The number of hydrogen-bond acceptors (Lipinski definition) is 4. The Morgan fingerprint density at radius 3 is 2.32 bits per heavy atom. The number of rotatable bonds is 7. The van der Waals surface area contributed by atoms with Gasteiger partial charge in [-0.2, -0.15) is 13.2 Å². The molecule has 0 atom stereocenters. The summed E-state index contributed by atoms with van der Waals surface area (Å²) >= 11 is 0. The van der Waals surface area contributed by atoms with Gasteiger partial charge >= 0.3 is 12.1 Å². The average Bonchev–Trinajstić information content (AvgIpc) is 3.25. The molecule has 2 aromatic carbocycles. The second kappa shape index (κ2) is 11.4. The molecular formula is C21H20F3N3O4. The fraction of sp³-hybridized carbons (Fsp3) is 0.190. The van der Waals surface area contributed by atoms with Crippen LogP contribution in [0.4, 0.5) is 13.2 Å². The van der Waals surface area contributed by atoms with Crippen LogP contribution in [0.15, 0.2) is 73.3 Å². The highest BCUT2D eigenvalue weighted by Crippen LogP contribution is 2.24. The minimum absolute atomic E-state index is 0.132. The average molecular weight is 435 g/mol. The van der Waals surface area contributed by atoms with Gasteiger partial charge < -0.3 is 19.7 Å². The Balaban J connectivity index is 0.000000423. The van der Waals surface area contributed by atoms with Crippen LogP contribution in [0, 0.1) is 0 Å². The predicted octanol–water partition coefficient (Wildman–Crippen LogP) is 4.13. The van der Waals surface area contributed by atoms with Gasteiger partial charge in [0.2, 0.25) is 0 Å². The number of nitrogens with one attached hydrogen (secondary N) is 1. The van der Waals surface area contributed by atoms with Crippen molar-refractivity contribution < 1.29 is 32.6 Å². The largest absolute Gasteiger partial charge is 0.490 e. The number of amides is 1. The number of para-hydroxylation sites is 2. The lowest BCUT2D eigenvalue weighted by Crippen LogP contribution is -2.25. The Kier molecular flexibility index (Phi) is 8.62. The SMILES string of the molecule is O=C(NCCCn1ccnc1)c1ccccc1Oc1ccccc1.O=C(O)C(F)(F)F. The fourth-order valence-electron chi connectivity index (χ4n) is 2.34. The first-order valence-corrected chi connectivity index (χ1v) is 9.13. The van der Waals surface area contributed by atoms with Gasteiger partial charge in [0.15, 0.2) is 0 Å². The smallest absolute Gasteiger partial charge is 0.475 e. The van der Waals surface area contributed by atoms with E-state index in [2.05, 4.69) is 10.3 Å². The van der Waals surface area contributed by atoms with Crippen LogP contribution in [0.5, 0.6) is 11.5 Å². The van der Waals surface area contributed by atoms with Crippen molar-refractivity contribution in [3.05, 3.63) is 78.9 Å². The Bertz CT molecular complexity index is 962. The molecule has 2 N–H and O–H groups in total. The van der Waals surface area contributed by atoms with Crippen LogP contribution in [-0.2, 0) is 11.3 Å². The monoisotopic (exact) mass is 435 g/mol. The molecule has 0 saturated heterocycles. The van der Waals surface area contributed by atoms with E-state index in [0.29, 0.717) is 23.6 Å². The summed E-state index contributed by atoms with van der Waals surface area (Å²) in [7, 11) is 0. The molecule has 1 aromatic heterocycles. The van der Waals surface area contributed by atoms with Gasteiger partial charge in [-0.25, -0.2) is 9.78 Å². The molecule has 0 aliphatic carbocycles. The second-order valence-electron chi connectivity index (χ2n) is 6.12. The number of carbonyl (C=O) groups is 2. The topological polar surface area (TPSA) is 93.5 Å². The first-order valence-electron chi connectivity index (χ1n) is 9.13. The Hall–Kier alpha value is -3.82. The van der Waals surface area contributed by atoms with Crippen molar-refractivity contribution in [2.45, 2.75) is 19.1 Å². The quantitative estimate of drug-likeness (QED) is 0.545. The van der Waals surface area contributed by atoms with E-state index < -0.39 is 12.1 Å². The summed E-state index contributed by atoms with van der Waals surface area (Å²) in [5.74, 6) is -1.63. The second-order valence-corrected chi connectivity index (χ2v) is 6.12. The van der Waals surface area contributed by atoms with Crippen LogP contribution in [-0.4, -0.2) is 39.3 Å². The highest BCUT2D eigenvalue weighted by atomic mass is 19.4. The molecular weight excluding hydrogens is 415 g/mol. The Labute approximate surface area is 176 Å². The summed E-state index contributed by atoms with van der Waals surface area (Å²) in [5.41, 5.74) is 0.531. The van der Waals surface area contributed by atoms with Crippen LogP contribution in [0.3, 0.4) is 0 Å². The normalized spacial score (nSPS) is 10.5. The molecule has 10 heteroatoms. The number of benzene rings is 2. The van der Waals surface area contributed by atoms with Gasteiger partial charge in [0.1, 0.15) is 11.5 Å². The number of halogens is 3. The molecule has 164 valence electrons. The molecule has 0 fully saturated rings. The van der Waals surface area contributed by atoms with E-state index in [9.17, 15) is 18.0 Å². The maximum atomic E-state index is 12.4. The molecule has 31 heavy (non-hydrogen) atoms. The summed E-state index contributed by atoms with van der Waals surface area (Å²) in [6, 6.07) is 16.7. The Morgan fingerprint density at radius 1 is 1.06 bits per heavy atom. The maximum absolute atomic E-state index is 12.4. The lowest BCUT2D eigenvalue weighted by molar-refractivity contribution is -0.192. The molecule has 7 nitrogen and oxygen atoms in total. The lowest BCUT2D eigenvalue weighted by atomic mass is 10.2. The van der Waals surface area contributed by atoms with E-state index in [1.165, 1.54) is 0 Å². The molecule has 3 rings (SSSR count). The minimum Gasteiger partial charge on any atom is -0.475 e. The molecule has 0 aliphatic rings. The van der Waals surface area contributed by atoms with Crippen LogP contribution in [0.25, 0.3) is 0 Å². The number of imidazole rings is 1. The highest BCUT2D eigenvalue weighted by molar-refractivity contribution is 5.97. The first kappa shape index (κ1) is 23.5. The number of hydrogen-bond donors (Lipinski definition) is 2. The van der Waals surface area contributed by atoms with E-state index in [4.69, 9.17) is 14.6 Å². The van der Waals surface area contributed by atoms with E-state index in [-0.39, 0.29) is 5.91 Å². The van der Waals surface area contributed by atoms with Gasteiger partial charge in [0.25, 0.3) is 5.91 Å². The number of aromatic nitrogens is 2. The predicted molar refractivity (Wildman–Crippen MR) is 106 cm³/mol. The molecule has 0 spiro atoms. The Morgan fingerprint density at radius 2 is 1.71 bits per heavy atom. The lowest BCUT2D eigenvalue weighted by Gasteiger charge is -2.11. The van der Waals surface area contributed by atoms with Crippen molar-refractivity contribution in [1.29, 1.82) is 0 Å². The number of nitrogens with zero attached hydrogens (tertiary/aromatic N) is 2. The zero-order chi connectivity index (χ0) is 22.7. The fourth-order valence-corrected chi connectivity index (χ4v) is 2.34. The van der Waals surface area contributed by atoms with Crippen molar-refractivity contribution in [2.24, 2.45) is 0 Å². The van der Waals surface area contributed by atoms with Crippen LogP contribution >= 0.6 is 0 Å². The first-order chi connectivity index (χ1) is 14.8. The zero-order valence-electron chi connectivity index (χ0n) is 16.2. The number of aliphatic carboxylic acids is 1. The van der Waals surface area contributed by atoms with Crippen molar-refractivity contribution in [3.63, 3.8) is 0 Å². The summed E-state index contributed by atoms with van der Waals surface area (Å²) in [6.45, 7) is 1.42. The van der Waals surface area contributed by atoms with Crippen molar-refractivity contribution in [3.8, 4) is 11.5 Å². The number of carbonyl (C=O) groups excluding carboxylic acids is 1. The zero-order valence-corrected chi connectivity index (χ0v) is 16.2. The van der Waals surface area contributed by atoms with E-state index in [1.54, 1.807) is 24.7 Å². The van der Waals surface area contributed by atoms with Gasteiger partial charge in [-0.05, 0) is 30.7 Å². The molecule has 3 aromatic rings. The third-order valence-electron chi connectivity index (χ3n) is 3.78. The third kappa shape index (κ3) is 8.21. The third-order valence-corrected chi connectivity index (χ3v) is 3.78. The highest BCUT2D eigenvalue weighted by Gasteiger charge is 2.38. The molecule has 0 saturated carbocycles. The number of carboxylic acid groups (broad SMARTS) is 1. The van der Waals surface area contributed by atoms with E-state index >= 15 is 0 Å². The molecule has 1 amide bonds. The van der Waals surface area contributed by atoms with Gasteiger partial charge in [0.05, 0.1) is 11.9 Å². The summed E-state index contributed by atoms with van der Waals surface area (Å²) in [5, 5.41) is 10.1.